The lowest BCUT2D eigenvalue weighted by Crippen LogP contribution is -3.00. The number of urea groups is 1. The molecule has 0 atom stereocenters. The van der Waals surface area contributed by atoms with E-state index in [1.54, 1.807) is 30.3 Å². The molecule has 0 unspecified atom stereocenters. The Labute approximate surface area is 131 Å². The van der Waals surface area contributed by atoms with Crippen molar-refractivity contribution in [2.45, 2.75) is 6.54 Å². The Balaban J connectivity index is 0.00000242. The lowest BCUT2D eigenvalue weighted by Gasteiger charge is -2.03. The predicted molar refractivity (Wildman–Crippen MR) is 72.1 cm³/mol. The molecule has 0 saturated carbocycles. The molecule has 0 aliphatic carbocycles. The number of anilines is 1. The molecule has 0 radical (unpaired) electrons. The number of halogens is 1. The van der Waals surface area contributed by atoms with Crippen LogP contribution in [0, 0.1) is 11.3 Å². The average molecular weight is 322 g/mol. The molecule has 2 amide bonds. The van der Waals surface area contributed by atoms with Crippen LogP contribution in [-0.2, 0) is 6.54 Å². The number of nitrogens with zero attached hydrogens (tertiary/aromatic N) is 5. The fourth-order valence-corrected chi connectivity index (χ4v) is 1.51. The quantitative estimate of drug-likeness (QED) is 0.246. The average Bonchev–Trinajstić information content (AvgIpc) is 2.92. The Morgan fingerprint density at radius 3 is 2.82 bits per heavy atom. The second-order valence-electron chi connectivity index (χ2n) is 3.94. The number of rotatable bonds is 4. The summed E-state index contributed by atoms with van der Waals surface area (Å²) in [6, 6.07) is 10.2. The Morgan fingerprint density at radius 1 is 1.45 bits per heavy atom. The summed E-state index contributed by atoms with van der Waals surface area (Å²) in [5, 5.41) is 26.5. The maximum atomic E-state index is 11.7. The van der Waals surface area contributed by atoms with E-state index < -0.39 is 6.03 Å². The van der Waals surface area contributed by atoms with Crippen LogP contribution < -0.4 is 27.8 Å². The highest BCUT2D eigenvalue weighted by atomic mass is 35.5. The molecule has 3 N–H and O–H groups in total. The molecule has 0 bridgehead atoms. The van der Waals surface area contributed by atoms with Gasteiger partial charge < -0.3 is 22.9 Å². The second-order valence-corrected chi connectivity index (χ2v) is 3.94. The number of benzene rings is 1. The van der Waals surface area contributed by atoms with Gasteiger partial charge in [0.15, 0.2) is 12.3 Å². The fourth-order valence-electron chi connectivity index (χ4n) is 1.51. The lowest BCUT2D eigenvalue weighted by molar-refractivity contribution is -0.641. The second kappa shape index (κ2) is 8.23. The molecule has 0 saturated heterocycles. The summed E-state index contributed by atoms with van der Waals surface area (Å²) in [7, 11) is 0. The van der Waals surface area contributed by atoms with Crippen molar-refractivity contribution in [1.82, 2.24) is 9.78 Å². The van der Waals surface area contributed by atoms with Gasteiger partial charge in [0.1, 0.15) is 6.07 Å². The van der Waals surface area contributed by atoms with Crippen molar-refractivity contribution in [3.8, 4) is 6.07 Å². The molecule has 2 rings (SSSR count). The summed E-state index contributed by atoms with van der Waals surface area (Å²) in [5.41, 5.74) is 3.07. The van der Waals surface area contributed by atoms with Crippen LogP contribution >= 0.6 is 0 Å². The molecule has 1 heterocycles. The minimum Gasteiger partial charge on any atom is -1.00 e. The predicted octanol–water partition coefficient (Wildman–Crippen LogP) is -2.70. The molecule has 0 aliphatic heterocycles. The molecular formula is C12H12ClN7O2. The van der Waals surface area contributed by atoms with Gasteiger partial charge in [0.25, 0.3) is 6.33 Å². The molecule has 2 aromatic rings. The van der Waals surface area contributed by atoms with Crippen LogP contribution in [0.2, 0.25) is 0 Å². The zero-order valence-electron chi connectivity index (χ0n) is 11.2. The Kier molecular flexibility index (Phi) is 6.33. The third kappa shape index (κ3) is 4.77. The van der Waals surface area contributed by atoms with E-state index in [-0.39, 0.29) is 24.7 Å². The minimum atomic E-state index is -0.443. The first-order chi connectivity index (χ1) is 10.2. The maximum Gasteiger partial charge on any atom is 0.349 e. The van der Waals surface area contributed by atoms with Crippen LogP contribution in [-0.4, -0.2) is 26.7 Å². The molecule has 0 spiro atoms. The van der Waals surface area contributed by atoms with Crippen molar-refractivity contribution in [3.63, 3.8) is 0 Å². The van der Waals surface area contributed by atoms with E-state index in [9.17, 15) is 4.79 Å². The number of hydrogen-bond acceptors (Lipinski definition) is 5. The third-order valence-corrected chi connectivity index (χ3v) is 2.41. The smallest absolute Gasteiger partial charge is 0.349 e. The number of carbonyl (C=O) groups is 1. The number of carbonyl (C=O) groups excluding carboxylic acids is 1. The van der Waals surface area contributed by atoms with Crippen molar-refractivity contribution in [3.05, 3.63) is 43.0 Å². The van der Waals surface area contributed by atoms with Crippen LogP contribution in [0.25, 0.3) is 0 Å². The summed E-state index contributed by atoms with van der Waals surface area (Å²) in [4.78, 5) is 11.7. The van der Waals surface area contributed by atoms with Gasteiger partial charge >= 0.3 is 6.03 Å². The molecule has 22 heavy (non-hydrogen) atoms. The third-order valence-electron chi connectivity index (χ3n) is 2.41. The highest BCUT2D eigenvalue weighted by molar-refractivity contribution is 5.97. The first kappa shape index (κ1) is 16.9. The first-order valence-electron chi connectivity index (χ1n) is 5.89. The number of para-hydroxylation sites is 1. The van der Waals surface area contributed by atoms with Gasteiger partial charge in [-0.05, 0) is 12.1 Å². The number of nitriles is 1. The molecular weight excluding hydrogens is 310 g/mol. The van der Waals surface area contributed by atoms with Crippen LogP contribution in [0.3, 0.4) is 0 Å². The van der Waals surface area contributed by atoms with Crippen molar-refractivity contribution in [2.24, 2.45) is 5.16 Å². The van der Waals surface area contributed by atoms with Crippen molar-refractivity contribution >= 4 is 17.4 Å². The zero-order valence-corrected chi connectivity index (χ0v) is 12.0. The lowest BCUT2D eigenvalue weighted by atomic mass is 10.3. The van der Waals surface area contributed by atoms with E-state index in [1.165, 1.54) is 22.0 Å². The van der Waals surface area contributed by atoms with Crippen LogP contribution in [0.5, 0.6) is 0 Å². The van der Waals surface area contributed by atoms with E-state index in [0.717, 1.165) is 0 Å². The highest BCUT2D eigenvalue weighted by Gasteiger charge is 2.11. The van der Waals surface area contributed by atoms with E-state index in [4.69, 9.17) is 10.5 Å². The summed E-state index contributed by atoms with van der Waals surface area (Å²) in [5.74, 6) is 0. The normalized spacial score (nSPS) is 10.2. The number of amides is 2. The maximum absolute atomic E-state index is 11.7. The van der Waals surface area contributed by atoms with Gasteiger partial charge in [-0.1, -0.05) is 23.4 Å². The molecule has 1 aromatic heterocycles. The molecule has 114 valence electrons. The summed E-state index contributed by atoms with van der Waals surface area (Å²) in [6.07, 6.45) is 2.78. The van der Waals surface area contributed by atoms with Gasteiger partial charge in [0, 0.05) is 10.8 Å². The van der Waals surface area contributed by atoms with E-state index in [1.807, 2.05) is 6.07 Å². The SMILES string of the molecule is N#CC(Cn1c[n+](NC(=O)Nc2ccccc2)cn1)=NO.[Cl-]. The van der Waals surface area contributed by atoms with E-state index >= 15 is 0 Å². The zero-order chi connectivity index (χ0) is 15.1. The molecule has 9 nitrogen and oxygen atoms in total. The van der Waals surface area contributed by atoms with Crippen LogP contribution in [0.15, 0.2) is 48.1 Å². The molecule has 0 fully saturated rings. The highest BCUT2D eigenvalue weighted by Crippen LogP contribution is 2.03. The fraction of sp³-hybridized carbons (Fsp3) is 0.0833. The van der Waals surface area contributed by atoms with Gasteiger partial charge in [0.2, 0.25) is 6.33 Å². The molecule has 1 aromatic carbocycles. The Hall–Kier alpha value is -3.12. The standard InChI is InChI=1S/C12H11N7O2.ClH/c13-6-11(17-21)7-18-9-19(8-14-18)16-12(20)15-10-4-2-1-3-5-10;/h1-5,8-9H,7H2,(H2-,15,16,20,21);1H. The Bertz CT molecular complexity index is 693. The number of hydrogen-bond donors (Lipinski definition) is 3. The van der Waals surface area contributed by atoms with Crippen molar-refractivity contribution < 1.29 is 27.1 Å². The summed E-state index contributed by atoms with van der Waals surface area (Å²) in [6.45, 7) is 0.00197. The monoisotopic (exact) mass is 321 g/mol. The topological polar surface area (TPSA) is 119 Å². The van der Waals surface area contributed by atoms with Gasteiger partial charge in [0.05, 0.1) is 0 Å². The minimum absolute atomic E-state index is 0. The summed E-state index contributed by atoms with van der Waals surface area (Å²) < 4.78 is 2.64. The number of nitrogens with one attached hydrogen (secondary N) is 2. The molecule has 10 heteroatoms. The van der Waals surface area contributed by atoms with Crippen molar-refractivity contribution in [2.75, 3.05) is 10.7 Å². The first-order valence-corrected chi connectivity index (χ1v) is 5.89. The van der Waals surface area contributed by atoms with Gasteiger partial charge in [-0.15, -0.1) is 9.36 Å². The van der Waals surface area contributed by atoms with Crippen molar-refractivity contribution in [1.29, 1.82) is 5.26 Å². The number of aromatic nitrogens is 3. The number of oxime groups is 1. The van der Waals surface area contributed by atoms with Gasteiger partial charge in [-0.3, -0.25) is 0 Å². The van der Waals surface area contributed by atoms with Gasteiger partial charge in [-0.2, -0.15) is 10.7 Å². The molecule has 0 aliphatic rings. The van der Waals surface area contributed by atoms with E-state index in [2.05, 4.69) is 21.0 Å². The Morgan fingerprint density at radius 2 is 2.18 bits per heavy atom. The van der Waals surface area contributed by atoms with Crippen LogP contribution in [0.4, 0.5) is 10.5 Å². The van der Waals surface area contributed by atoms with Gasteiger partial charge in [-0.25, -0.2) is 4.79 Å². The summed E-state index contributed by atoms with van der Waals surface area (Å²) >= 11 is 0. The van der Waals surface area contributed by atoms with E-state index in [0.29, 0.717) is 5.69 Å². The largest absolute Gasteiger partial charge is 1.00 e. The van der Waals surface area contributed by atoms with Crippen LogP contribution in [0.1, 0.15) is 0 Å².